The molecular formula is C15H19N3O. The number of benzene rings is 1. The second-order valence-corrected chi connectivity index (χ2v) is 5.99. The number of fused-ring (bicyclic) bond motifs is 1. The van der Waals surface area contributed by atoms with Gasteiger partial charge in [0, 0.05) is 19.6 Å². The largest absolute Gasteiger partial charge is 0.379 e. The van der Waals surface area contributed by atoms with Crippen molar-refractivity contribution in [2.75, 3.05) is 19.8 Å². The average Bonchev–Trinajstić information content (AvgIpc) is 3.13. The normalized spacial score (nSPS) is 21.5. The van der Waals surface area contributed by atoms with Gasteiger partial charge in [0.2, 0.25) is 0 Å². The molecule has 1 aliphatic heterocycles. The van der Waals surface area contributed by atoms with Crippen LogP contribution in [0.2, 0.25) is 0 Å². The number of hydrogen-bond donors (Lipinski definition) is 1. The van der Waals surface area contributed by atoms with Crippen LogP contribution >= 0.6 is 0 Å². The van der Waals surface area contributed by atoms with Gasteiger partial charge in [-0.1, -0.05) is 6.07 Å². The van der Waals surface area contributed by atoms with Gasteiger partial charge in [-0.2, -0.15) is 0 Å². The Bertz CT molecular complexity index is 611. The average molecular weight is 257 g/mol. The third-order valence-electron chi connectivity index (χ3n) is 4.40. The van der Waals surface area contributed by atoms with Crippen molar-refractivity contribution < 1.29 is 4.74 Å². The zero-order chi connectivity index (χ0) is 12.9. The lowest BCUT2D eigenvalue weighted by Gasteiger charge is -2.42. The molecule has 2 fully saturated rings. The van der Waals surface area contributed by atoms with Gasteiger partial charge in [-0.25, -0.2) is 4.98 Å². The van der Waals surface area contributed by atoms with E-state index in [0.717, 1.165) is 31.3 Å². The zero-order valence-electron chi connectivity index (χ0n) is 11.2. The summed E-state index contributed by atoms with van der Waals surface area (Å²) in [5, 5.41) is 3.65. The Hall–Kier alpha value is -1.39. The molecule has 2 heterocycles. The summed E-state index contributed by atoms with van der Waals surface area (Å²) >= 11 is 0. The van der Waals surface area contributed by atoms with Crippen LogP contribution in [0, 0.1) is 0 Å². The Kier molecular flexibility index (Phi) is 2.44. The molecular weight excluding hydrogens is 238 g/mol. The molecule has 0 amide bonds. The SMILES string of the molecule is Cn1cnc2cc(C3(CNC4CC4)COC3)ccc21. The second-order valence-electron chi connectivity index (χ2n) is 5.99. The van der Waals surface area contributed by atoms with Crippen LogP contribution in [0.5, 0.6) is 0 Å². The predicted molar refractivity (Wildman–Crippen MR) is 74.2 cm³/mol. The van der Waals surface area contributed by atoms with Crippen molar-refractivity contribution in [1.29, 1.82) is 0 Å². The predicted octanol–water partition coefficient (Wildman–Crippen LogP) is 1.59. The van der Waals surface area contributed by atoms with Crippen molar-refractivity contribution in [1.82, 2.24) is 14.9 Å². The summed E-state index contributed by atoms with van der Waals surface area (Å²) < 4.78 is 7.56. The first kappa shape index (κ1) is 11.4. The molecule has 4 nitrogen and oxygen atoms in total. The summed E-state index contributed by atoms with van der Waals surface area (Å²) in [5.41, 5.74) is 3.79. The quantitative estimate of drug-likeness (QED) is 0.904. The van der Waals surface area contributed by atoms with Gasteiger partial charge in [0.1, 0.15) is 0 Å². The molecule has 1 aromatic carbocycles. The summed E-state index contributed by atoms with van der Waals surface area (Å²) in [6, 6.07) is 7.39. The number of nitrogens with zero attached hydrogens (tertiary/aromatic N) is 2. The van der Waals surface area contributed by atoms with E-state index in [4.69, 9.17) is 4.74 Å². The maximum absolute atomic E-state index is 5.50. The molecule has 0 radical (unpaired) electrons. The van der Waals surface area contributed by atoms with Gasteiger partial charge in [-0.05, 0) is 30.5 Å². The van der Waals surface area contributed by atoms with Gasteiger partial charge < -0.3 is 14.6 Å². The first-order valence-corrected chi connectivity index (χ1v) is 7.00. The lowest BCUT2D eigenvalue weighted by Crippen LogP contribution is -2.53. The standard InChI is InChI=1S/C15H19N3O/c1-18-10-17-13-6-11(2-5-14(13)18)15(8-19-9-15)7-16-12-3-4-12/h2,5-6,10,12,16H,3-4,7-9H2,1H3. The van der Waals surface area contributed by atoms with Gasteiger partial charge >= 0.3 is 0 Å². The van der Waals surface area contributed by atoms with Crippen molar-refractivity contribution in [3.8, 4) is 0 Å². The first-order chi connectivity index (χ1) is 9.27. The Morgan fingerprint density at radius 1 is 1.42 bits per heavy atom. The number of ether oxygens (including phenoxy) is 1. The fourth-order valence-electron chi connectivity index (χ4n) is 2.81. The van der Waals surface area contributed by atoms with Gasteiger partial charge in [-0.3, -0.25) is 0 Å². The molecule has 1 aromatic heterocycles. The van der Waals surface area contributed by atoms with Crippen molar-refractivity contribution in [2.24, 2.45) is 7.05 Å². The highest BCUT2D eigenvalue weighted by molar-refractivity contribution is 5.76. The Morgan fingerprint density at radius 3 is 2.95 bits per heavy atom. The first-order valence-electron chi connectivity index (χ1n) is 7.00. The third-order valence-corrected chi connectivity index (χ3v) is 4.40. The van der Waals surface area contributed by atoms with Crippen LogP contribution in [-0.2, 0) is 17.2 Å². The van der Waals surface area contributed by atoms with Crippen molar-refractivity contribution in [2.45, 2.75) is 24.3 Å². The summed E-state index contributed by atoms with van der Waals surface area (Å²) in [6.45, 7) is 2.67. The summed E-state index contributed by atoms with van der Waals surface area (Å²) in [4.78, 5) is 4.46. The Balaban J connectivity index is 1.66. The van der Waals surface area contributed by atoms with E-state index in [2.05, 4.69) is 33.1 Å². The van der Waals surface area contributed by atoms with Crippen LogP contribution in [0.1, 0.15) is 18.4 Å². The molecule has 0 spiro atoms. The summed E-state index contributed by atoms with van der Waals surface area (Å²) in [5.74, 6) is 0. The van der Waals surface area contributed by atoms with Crippen LogP contribution < -0.4 is 5.32 Å². The molecule has 4 rings (SSSR count). The molecule has 19 heavy (non-hydrogen) atoms. The Labute approximate surface area is 112 Å². The minimum absolute atomic E-state index is 0.161. The van der Waals surface area contributed by atoms with Gasteiger partial charge in [-0.15, -0.1) is 0 Å². The van der Waals surface area contributed by atoms with Crippen LogP contribution in [0.25, 0.3) is 11.0 Å². The number of imidazole rings is 1. The van der Waals surface area contributed by atoms with Gasteiger partial charge in [0.25, 0.3) is 0 Å². The minimum atomic E-state index is 0.161. The Morgan fingerprint density at radius 2 is 2.26 bits per heavy atom. The highest BCUT2D eigenvalue weighted by atomic mass is 16.5. The molecule has 100 valence electrons. The maximum atomic E-state index is 5.50. The minimum Gasteiger partial charge on any atom is -0.379 e. The van der Waals surface area contributed by atoms with Crippen molar-refractivity contribution in [3.05, 3.63) is 30.1 Å². The van der Waals surface area contributed by atoms with E-state index in [1.807, 2.05) is 13.4 Å². The molecule has 1 saturated heterocycles. The number of rotatable bonds is 4. The lowest BCUT2D eigenvalue weighted by atomic mass is 9.78. The van der Waals surface area contributed by atoms with Crippen LogP contribution in [0.15, 0.2) is 24.5 Å². The smallest absolute Gasteiger partial charge is 0.0955 e. The number of hydrogen-bond acceptors (Lipinski definition) is 3. The molecule has 4 heteroatoms. The lowest BCUT2D eigenvalue weighted by molar-refractivity contribution is -0.0591. The highest BCUT2D eigenvalue weighted by Gasteiger charge is 2.41. The van der Waals surface area contributed by atoms with Crippen LogP contribution in [0.4, 0.5) is 0 Å². The van der Waals surface area contributed by atoms with E-state index < -0.39 is 0 Å². The molecule has 1 saturated carbocycles. The number of aromatic nitrogens is 2. The molecule has 1 N–H and O–H groups in total. The van der Waals surface area contributed by atoms with Crippen LogP contribution in [-0.4, -0.2) is 35.4 Å². The summed E-state index contributed by atoms with van der Waals surface area (Å²) in [6.07, 6.45) is 4.53. The van der Waals surface area contributed by atoms with E-state index in [0.29, 0.717) is 0 Å². The molecule has 0 atom stereocenters. The topological polar surface area (TPSA) is 39.1 Å². The van der Waals surface area contributed by atoms with E-state index in [1.165, 1.54) is 23.9 Å². The van der Waals surface area contributed by atoms with Gasteiger partial charge in [0.05, 0.1) is 36.0 Å². The molecule has 2 aromatic rings. The van der Waals surface area contributed by atoms with Crippen molar-refractivity contribution >= 4 is 11.0 Å². The molecule has 1 aliphatic carbocycles. The van der Waals surface area contributed by atoms with Crippen LogP contribution in [0.3, 0.4) is 0 Å². The molecule has 0 bridgehead atoms. The van der Waals surface area contributed by atoms with E-state index >= 15 is 0 Å². The fourth-order valence-corrected chi connectivity index (χ4v) is 2.81. The van der Waals surface area contributed by atoms with E-state index in [9.17, 15) is 0 Å². The molecule has 0 unspecified atom stereocenters. The zero-order valence-corrected chi connectivity index (χ0v) is 11.2. The summed E-state index contributed by atoms with van der Waals surface area (Å²) in [7, 11) is 2.03. The number of nitrogens with one attached hydrogen (secondary N) is 1. The van der Waals surface area contributed by atoms with E-state index in [-0.39, 0.29) is 5.41 Å². The third kappa shape index (κ3) is 1.86. The van der Waals surface area contributed by atoms with E-state index in [1.54, 1.807) is 0 Å². The monoisotopic (exact) mass is 257 g/mol. The van der Waals surface area contributed by atoms with Crippen molar-refractivity contribution in [3.63, 3.8) is 0 Å². The second kappa shape index (κ2) is 4.05. The maximum Gasteiger partial charge on any atom is 0.0955 e. The highest BCUT2D eigenvalue weighted by Crippen LogP contribution is 2.34. The fraction of sp³-hybridized carbons (Fsp3) is 0.533. The molecule has 2 aliphatic rings. The number of aryl methyl sites for hydroxylation is 1. The van der Waals surface area contributed by atoms with Gasteiger partial charge in [0.15, 0.2) is 0 Å².